The van der Waals surface area contributed by atoms with E-state index >= 15 is 0 Å². The van der Waals surface area contributed by atoms with Crippen molar-refractivity contribution in [3.63, 3.8) is 0 Å². The van der Waals surface area contributed by atoms with Gasteiger partial charge in [0.15, 0.2) is 5.82 Å². The third-order valence-corrected chi connectivity index (χ3v) is 3.55. The van der Waals surface area contributed by atoms with E-state index in [0.717, 1.165) is 4.57 Å². The van der Waals surface area contributed by atoms with E-state index in [0.29, 0.717) is 11.3 Å². The maximum absolute atomic E-state index is 12.0. The molecule has 118 valence electrons. The van der Waals surface area contributed by atoms with Gasteiger partial charge in [0.2, 0.25) is 0 Å². The van der Waals surface area contributed by atoms with Crippen molar-refractivity contribution < 1.29 is 4.52 Å². The summed E-state index contributed by atoms with van der Waals surface area (Å²) >= 11 is 0. The van der Waals surface area contributed by atoms with Crippen molar-refractivity contribution in [1.82, 2.24) is 23.8 Å². The van der Waals surface area contributed by atoms with Gasteiger partial charge in [-0.05, 0) is 12.1 Å². The van der Waals surface area contributed by atoms with Crippen LogP contribution < -0.4 is 17.0 Å². The Morgan fingerprint density at radius 3 is 2.65 bits per heavy atom. The lowest BCUT2D eigenvalue weighted by Gasteiger charge is -2.10. The van der Waals surface area contributed by atoms with Gasteiger partial charge < -0.3 is 0 Å². The van der Waals surface area contributed by atoms with Crippen LogP contribution in [0.5, 0.6) is 0 Å². The summed E-state index contributed by atoms with van der Waals surface area (Å²) in [5.41, 5.74) is 0.0381. The van der Waals surface area contributed by atoms with Crippen molar-refractivity contribution in [3.8, 4) is 11.4 Å². The van der Waals surface area contributed by atoms with Gasteiger partial charge in [-0.1, -0.05) is 5.16 Å². The van der Waals surface area contributed by atoms with E-state index < -0.39 is 17.0 Å². The molecule has 3 aromatic heterocycles. The van der Waals surface area contributed by atoms with Crippen molar-refractivity contribution >= 4 is 0 Å². The molecule has 9 nitrogen and oxygen atoms in total. The van der Waals surface area contributed by atoms with Crippen molar-refractivity contribution in [2.75, 3.05) is 0 Å². The molecule has 0 N–H and O–H groups in total. The van der Waals surface area contributed by atoms with Crippen LogP contribution in [0, 0.1) is 0 Å². The molecule has 9 heteroatoms. The molecule has 0 unspecified atom stereocenters. The Morgan fingerprint density at radius 2 is 1.96 bits per heavy atom. The topological polar surface area (TPSA) is 105 Å². The first kappa shape index (κ1) is 14.7. The highest BCUT2D eigenvalue weighted by molar-refractivity contribution is 5.52. The minimum absolute atomic E-state index is 0.0195. The maximum Gasteiger partial charge on any atom is 0.442 e. The van der Waals surface area contributed by atoms with E-state index in [1.807, 2.05) is 0 Å². The van der Waals surface area contributed by atoms with E-state index in [4.69, 9.17) is 4.52 Å². The van der Waals surface area contributed by atoms with Gasteiger partial charge in [-0.15, -0.1) is 0 Å². The van der Waals surface area contributed by atoms with Gasteiger partial charge >= 0.3 is 11.4 Å². The molecule has 3 heterocycles. The van der Waals surface area contributed by atoms with Gasteiger partial charge in [0.1, 0.15) is 0 Å². The van der Waals surface area contributed by atoms with E-state index in [2.05, 4.69) is 10.1 Å². The lowest BCUT2D eigenvalue weighted by atomic mass is 10.2. The highest BCUT2D eigenvalue weighted by atomic mass is 16.5. The summed E-state index contributed by atoms with van der Waals surface area (Å²) in [6.07, 6.45) is 3.13. The van der Waals surface area contributed by atoms with Gasteiger partial charge in [0.25, 0.3) is 5.56 Å². The molecule has 0 aliphatic rings. The molecule has 0 bridgehead atoms. The molecule has 0 atom stereocenters. The Kier molecular flexibility index (Phi) is 3.53. The summed E-state index contributed by atoms with van der Waals surface area (Å²) in [6.45, 7) is -0.0195. The third kappa shape index (κ3) is 2.52. The summed E-state index contributed by atoms with van der Waals surface area (Å²) in [6, 6.07) is 4.73. The number of aromatic nitrogens is 5. The van der Waals surface area contributed by atoms with E-state index in [1.165, 1.54) is 35.5 Å². The van der Waals surface area contributed by atoms with Crippen LogP contribution in [0.1, 0.15) is 5.69 Å². The fraction of sp³-hybridized carbons (Fsp3) is 0.214. The summed E-state index contributed by atoms with van der Waals surface area (Å²) in [5, 5.41) is 3.74. The molecule has 0 saturated heterocycles. The molecular formula is C14H13N5O4. The van der Waals surface area contributed by atoms with Crippen LogP contribution in [0.2, 0.25) is 0 Å². The molecule has 23 heavy (non-hydrogen) atoms. The van der Waals surface area contributed by atoms with Gasteiger partial charge in [-0.3, -0.25) is 28.0 Å². The van der Waals surface area contributed by atoms with Crippen LogP contribution in [0.3, 0.4) is 0 Å². The maximum atomic E-state index is 12.0. The standard InChI is InChI=1S/C14H13N5O4/c1-17-10(6-11(20)18(2)13(17)21)8-19-12(16-23-14(19)22)9-4-3-5-15-7-9/h3-7H,8H2,1-2H3. The molecule has 0 spiro atoms. The molecule has 0 aliphatic heterocycles. The van der Waals surface area contributed by atoms with Gasteiger partial charge in [0.05, 0.1) is 6.54 Å². The molecule has 3 aromatic rings. The smallest absolute Gasteiger partial charge is 0.299 e. The Hall–Kier alpha value is -3.23. The number of nitrogens with zero attached hydrogens (tertiary/aromatic N) is 5. The minimum Gasteiger partial charge on any atom is -0.299 e. The van der Waals surface area contributed by atoms with Crippen molar-refractivity contribution in [2.45, 2.75) is 6.54 Å². The second kappa shape index (κ2) is 5.52. The molecule has 0 aliphatic carbocycles. The van der Waals surface area contributed by atoms with Crippen LogP contribution in [0.25, 0.3) is 11.4 Å². The van der Waals surface area contributed by atoms with E-state index in [9.17, 15) is 14.4 Å². The average molecular weight is 315 g/mol. The predicted octanol–water partition coefficient (Wildman–Crippen LogP) is -0.656. The summed E-state index contributed by atoms with van der Waals surface area (Å²) in [5.74, 6) is -0.409. The predicted molar refractivity (Wildman–Crippen MR) is 80.0 cm³/mol. The SMILES string of the molecule is Cn1c(Cn2c(-c3cccnc3)noc2=O)cc(=O)n(C)c1=O. The molecule has 0 fully saturated rings. The first-order valence-corrected chi connectivity index (χ1v) is 6.72. The molecular weight excluding hydrogens is 302 g/mol. The van der Waals surface area contributed by atoms with Crippen LogP contribution in [-0.2, 0) is 20.6 Å². The summed E-state index contributed by atoms with van der Waals surface area (Å²) in [4.78, 5) is 39.6. The van der Waals surface area contributed by atoms with Crippen LogP contribution >= 0.6 is 0 Å². The number of hydrogen-bond donors (Lipinski definition) is 0. The van der Waals surface area contributed by atoms with Crippen molar-refractivity contribution in [2.24, 2.45) is 14.1 Å². The normalized spacial score (nSPS) is 10.9. The van der Waals surface area contributed by atoms with Gasteiger partial charge in [-0.25, -0.2) is 9.59 Å². The van der Waals surface area contributed by atoms with E-state index in [1.54, 1.807) is 18.3 Å². The quantitative estimate of drug-likeness (QED) is 0.635. The Labute approximate surface area is 129 Å². The first-order chi connectivity index (χ1) is 11.0. The zero-order chi connectivity index (χ0) is 16.6. The fourth-order valence-electron chi connectivity index (χ4n) is 2.20. The fourth-order valence-corrected chi connectivity index (χ4v) is 2.20. The summed E-state index contributed by atoms with van der Waals surface area (Å²) < 4.78 is 8.23. The van der Waals surface area contributed by atoms with E-state index in [-0.39, 0.29) is 12.4 Å². The molecule has 0 radical (unpaired) electrons. The average Bonchev–Trinajstić information content (AvgIpc) is 2.92. The number of hydrogen-bond acceptors (Lipinski definition) is 6. The Balaban J connectivity index is 2.13. The van der Waals surface area contributed by atoms with Crippen LogP contribution in [0.4, 0.5) is 0 Å². The Bertz CT molecular complexity index is 1030. The second-order valence-electron chi connectivity index (χ2n) is 4.97. The molecule has 3 rings (SSSR count). The molecule has 0 amide bonds. The third-order valence-electron chi connectivity index (χ3n) is 3.55. The number of rotatable bonds is 3. The van der Waals surface area contributed by atoms with Crippen molar-refractivity contribution in [3.05, 3.63) is 67.7 Å². The lowest BCUT2D eigenvalue weighted by Crippen LogP contribution is -2.38. The highest BCUT2D eigenvalue weighted by Gasteiger charge is 2.15. The second-order valence-corrected chi connectivity index (χ2v) is 4.97. The minimum atomic E-state index is -0.683. The van der Waals surface area contributed by atoms with Crippen molar-refractivity contribution in [1.29, 1.82) is 0 Å². The largest absolute Gasteiger partial charge is 0.442 e. The van der Waals surface area contributed by atoms with Gasteiger partial charge in [0, 0.05) is 43.8 Å². The first-order valence-electron chi connectivity index (χ1n) is 6.72. The monoisotopic (exact) mass is 315 g/mol. The zero-order valence-corrected chi connectivity index (χ0v) is 12.5. The van der Waals surface area contributed by atoms with Crippen LogP contribution in [0.15, 0.2) is 49.5 Å². The molecule has 0 saturated carbocycles. The molecule has 0 aromatic carbocycles. The Morgan fingerprint density at radius 1 is 1.17 bits per heavy atom. The zero-order valence-electron chi connectivity index (χ0n) is 12.5. The number of pyridine rings is 1. The lowest BCUT2D eigenvalue weighted by molar-refractivity contribution is 0.377. The van der Waals surface area contributed by atoms with Gasteiger partial charge in [-0.2, -0.15) is 0 Å². The van der Waals surface area contributed by atoms with Crippen LogP contribution in [-0.4, -0.2) is 23.8 Å². The highest BCUT2D eigenvalue weighted by Crippen LogP contribution is 2.14. The summed E-state index contributed by atoms with van der Waals surface area (Å²) in [7, 11) is 2.92.